The molecule has 1 aromatic carbocycles. The van der Waals surface area contributed by atoms with Gasteiger partial charge in [-0.2, -0.15) is 0 Å². The minimum atomic E-state index is -3.91. The Balaban J connectivity index is 1.07. The molecule has 0 aromatic heterocycles. The third-order valence-electron chi connectivity index (χ3n) is 13.0. The fourth-order valence-electron chi connectivity index (χ4n) is 9.22. The van der Waals surface area contributed by atoms with E-state index in [0.29, 0.717) is 38.8 Å². The number of fused-ring (bicyclic) bond motifs is 4. The third kappa shape index (κ3) is 7.48. The largest absolute Gasteiger partial charge is 0.444 e. The van der Waals surface area contributed by atoms with Gasteiger partial charge in [0.05, 0.1) is 18.3 Å². The summed E-state index contributed by atoms with van der Waals surface area (Å²) >= 11 is 0. The first-order chi connectivity index (χ1) is 26.3. The average Bonchev–Trinajstić information content (AvgIpc) is 4.07. The van der Waals surface area contributed by atoms with Crippen molar-refractivity contribution < 1.29 is 41.9 Å². The van der Waals surface area contributed by atoms with E-state index < -0.39 is 80.4 Å². The molecule has 296 valence electrons. The predicted molar refractivity (Wildman–Crippen MR) is 200 cm³/mol. The van der Waals surface area contributed by atoms with Gasteiger partial charge in [0, 0.05) is 24.8 Å². The number of nitrogens with zero attached hydrogens (tertiary/aromatic N) is 2. The van der Waals surface area contributed by atoms with Crippen LogP contribution >= 0.6 is 0 Å². The molecule has 7 aliphatic rings. The lowest BCUT2D eigenvalue weighted by Crippen LogP contribution is -2.59. The lowest BCUT2D eigenvalue weighted by molar-refractivity contribution is -0.142. The molecular weight excluding hydrogens is 727 g/mol. The van der Waals surface area contributed by atoms with Crippen molar-refractivity contribution in [3.63, 3.8) is 0 Å². The van der Waals surface area contributed by atoms with Gasteiger partial charge >= 0.3 is 12.2 Å². The smallest absolute Gasteiger partial charge is 0.410 e. The maximum absolute atomic E-state index is 14.7. The highest BCUT2D eigenvalue weighted by Crippen LogP contribution is 2.50. The molecule has 1 saturated heterocycles. The number of sulfonamides is 1. The normalized spacial score (nSPS) is 34.3. The Hall–Kier alpha value is -4.40. The fraction of sp³-hybridized carbons (Fsp3) is 0.625. The molecule has 3 heterocycles. The molecule has 1 aromatic rings. The van der Waals surface area contributed by atoms with Crippen molar-refractivity contribution >= 4 is 46.0 Å². The third-order valence-corrected chi connectivity index (χ3v) is 14.8. The van der Waals surface area contributed by atoms with Crippen LogP contribution in [0.4, 0.5) is 9.59 Å². The number of amides is 5. The van der Waals surface area contributed by atoms with E-state index in [2.05, 4.69) is 34.1 Å². The van der Waals surface area contributed by atoms with Gasteiger partial charge in [-0.15, -0.1) is 6.58 Å². The summed E-state index contributed by atoms with van der Waals surface area (Å²) in [6.45, 7) is 6.30. The minimum Gasteiger partial charge on any atom is -0.444 e. The molecule has 3 aliphatic heterocycles. The number of nitrogens with one attached hydrogen (secondary N) is 3. The molecule has 4 bridgehead atoms. The van der Waals surface area contributed by atoms with E-state index >= 15 is 0 Å². The zero-order valence-electron chi connectivity index (χ0n) is 31.3. The van der Waals surface area contributed by atoms with Crippen molar-refractivity contribution in [3.05, 3.63) is 53.6 Å². The zero-order valence-corrected chi connectivity index (χ0v) is 32.1. The Morgan fingerprint density at radius 2 is 1.82 bits per heavy atom. The topological polar surface area (TPSA) is 181 Å². The van der Waals surface area contributed by atoms with Crippen LogP contribution in [0.2, 0.25) is 0 Å². The van der Waals surface area contributed by atoms with Crippen LogP contribution in [0.15, 0.2) is 36.9 Å². The monoisotopic (exact) mass is 777 g/mol. The number of hydrogen-bond donors (Lipinski definition) is 3. The molecule has 0 radical (unpaired) electrons. The summed E-state index contributed by atoms with van der Waals surface area (Å²) in [5.74, 6) is -2.55. The van der Waals surface area contributed by atoms with Crippen LogP contribution in [0.3, 0.4) is 0 Å². The Bertz CT molecular complexity index is 1930. The number of hydrogen-bond acceptors (Lipinski definition) is 9. The summed E-state index contributed by atoms with van der Waals surface area (Å²) in [5.41, 5.74) is 0.897. The summed E-state index contributed by atoms with van der Waals surface area (Å²) in [5, 5.41) is 5.03. The van der Waals surface area contributed by atoms with E-state index in [9.17, 15) is 32.4 Å². The van der Waals surface area contributed by atoms with Crippen LogP contribution < -0.4 is 15.4 Å². The van der Waals surface area contributed by atoms with Gasteiger partial charge in [0.2, 0.25) is 21.8 Å². The second kappa shape index (κ2) is 14.3. The van der Waals surface area contributed by atoms with E-state index in [1.807, 2.05) is 25.1 Å². The first-order valence-corrected chi connectivity index (χ1v) is 21.4. The number of benzene rings is 1. The van der Waals surface area contributed by atoms with E-state index in [1.54, 1.807) is 4.90 Å². The Morgan fingerprint density at radius 3 is 2.55 bits per heavy atom. The summed E-state index contributed by atoms with van der Waals surface area (Å²) in [7, 11) is -3.91. The van der Waals surface area contributed by atoms with Crippen LogP contribution in [-0.4, -0.2) is 89.2 Å². The standard InChI is InChI=1S/C40H51N5O9S/c1-3-27-20-40(27,36(48)43-55(51,52)30-16-17-30)42-34(46)32-18-29-22-45(32)35(47)33(25-11-7-8-12-25)41-37(49)54-39(2)19-28(39)15-6-4-5-10-24-13-9-14-26-21-44(23-31(24)26)38(50)53-29/h3,5,9-10,13-14,25,27-30,32-33H,1,4,6-8,11-12,15-23H2,2H3,(H,41,49)(H,42,46)(H,43,48)/b10-5-/t27-,28?,29?,32?,33?,39?,40-/m1/s1. The maximum Gasteiger partial charge on any atom is 0.410 e. The van der Waals surface area contributed by atoms with Crippen molar-refractivity contribution in [2.24, 2.45) is 17.8 Å². The molecule has 7 atom stereocenters. The highest BCUT2D eigenvalue weighted by Gasteiger charge is 2.62. The molecule has 0 spiro atoms. The van der Waals surface area contributed by atoms with E-state index in [0.717, 1.165) is 55.2 Å². The fourth-order valence-corrected chi connectivity index (χ4v) is 10.6. The molecular formula is C40H51N5O9S. The number of rotatable bonds is 7. The average molecular weight is 778 g/mol. The number of allylic oxidation sites excluding steroid dienone is 1. The van der Waals surface area contributed by atoms with Crippen LogP contribution in [0.1, 0.15) is 101 Å². The van der Waals surface area contributed by atoms with Gasteiger partial charge in [-0.05, 0) is 87.3 Å². The lowest BCUT2D eigenvalue weighted by Gasteiger charge is -2.32. The summed E-state index contributed by atoms with van der Waals surface area (Å²) in [6.07, 6.45) is 11.1. The van der Waals surface area contributed by atoms with Gasteiger partial charge in [-0.1, -0.05) is 49.3 Å². The molecule has 3 N–H and O–H groups in total. The molecule has 5 unspecified atom stereocenters. The van der Waals surface area contributed by atoms with E-state index in [-0.39, 0.29) is 31.2 Å². The molecule has 5 amide bonds. The van der Waals surface area contributed by atoms with Crippen LogP contribution in [-0.2, 0) is 47.0 Å². The van der Waals surface area contributed by atoms with Crippen LogP contribution in [0.5, 0.6) is 0 Å². The first kappa shape index (κ1) is 37.5. The molecule has 8 rings (SSSR count). The van der Waals surface area contributed by atoms with Gasteiger partial charge in [-0.3, -0.25) is 24.0 Å². The predicted octanol–water partition coefficient (Wildman–Crippen LogP) is 4.04. The second-order valence-corrected chi connectivity index (χ2v) is 18.8. The number of carbonyl (C=O) groups is 5. The van der Waals surface area contributed by atoms with Crippen LogP contribution in [0, 0.1) is 17.8 Å². The van der Waals surface area contributed by atoms with Crippen molar-refractivity contribution in [3.8, 4) is 0 Å². The number of alkyl carbamates (subject to hydrolysis) is 1. The number of ether oxygens (including phenoxy) is 2. The van der Waals surface area contributed by atoms with Crippen molar-refractivity contribution in [1.82, 2.24) is 25.2 Å². The van der Waals surface area contributed by atoms with Gasteiger partial charge < -0.3 is 25.0 Å². The maximum atomic E-state index is 14.7. The zero-order chi connectivity index (χ0) is 38.7. The van der Waals surface area contributed by atoms with Gasteiger partial charge in [0.25, 0.3) is 5.91 Å². The van der Waals surface area contributed by atoms with Gasteiger partial charge in [-0.25, -0.2) is 18.0 Å². The Kier molecular flexibility index (Phi) is 9.74. The molecule has 14 nitrogen and oxygen atoms in total. The van der Waals surface area contributed by atoms with E-state index in [4.69, 9.17) is 9.47 Å². The summed E-state index contributed by atoms with van der Waals surface area (Å²) in [4.78, 5) is 72.7. The minimum absolute atomic E-state index is 0.0590. The summed E-state index contributed by atoms with van der Waals surface area (Å²) < 4.78 is 39.6. The van der Waals surface area contributed by atoms with Crippen molar-refractivity contribution in [2.45, 2.75) is 132 Å². The molecule has 4 aliphatic carbocycles. The van der Waals surface area contributed by atoms with Gasteiger partial charge in [0.15, 0.2) is 0 Å². The second-order valence-electron chi connectivity index (χ2n) is 16.9. The Labute approximate surface area is 321 Å². The highest BCUT2D eigenvalue weighted by atomic mass is 32.2. The highest BCUT2D eigenvalue weighted by molar-refractivity contribution is 7.91. The van der Waals surface area contributed by atoms with Crippen molar-refractivity contribution in [2.75, 3.05) is 6.54 Å². The quantitative estimate of drug-likeness (QED) is 0.345. The van der Waals surface area contributed by atoms with Gasteiger partial charge in [0.1, 0.15) is 29.3 Å². The SMILES string of the molecule is C=C[C@@H]1C[C@]1(NC(=O)C1CC2CN1C(=O)C(C1CCCC1)NC(=O)OC1(C)CC1CCC/C=C\c1cccc3c1CN(C3)C(=O)O2)C(=O)NS(=O)(=O)C1CC1. The van der Waals surface area contributed by atoms with Crippen molar-refractivity contribution in [1.29, 1.82) is 0 Å². The summed E-state index contributed by atoms with van der Waals surface area (Å²) in [6, 6.07) is 3.82. The Morgan fingerprint density at radius 1 is 1.04 bits per heavy atom. The number of carbonyl (C=O) groups excluding carboxylic acids is 5. The molecule has 15 heteroatoms. The molecule has 5 fully saturated rings. The lowest BCUT2D eigenvalue weighted by atomic mass is 9.96. The van der Waals surface area contributed by atoms with E-state index in [1.165, 1.54) is 11.0 Å². The van der Waals surface area contributed by atoms with Crippen LogP contribution in [0.25, 0.3) is 6.08 Å². The first-order valence-electron chi connectivity index (χ1n) is 19.8. The molecule has 55 heavy (non-hydrogen) atoms. The molecule has 4 saturated carbocycles.